The molecule has 2 aromatic carbocycles. The molecule has 0 bridgehead atoms. The van der Waals surface area contributed by atoms with Gasteiger partial charge in [-0.2, -0.15) is 0 Å². The molecule has 0 unspecified atom stereocenters. The van der Waals surface area contributed by atoms with Crippen LogP contribution in [0.15, 0.2) is 66.9 Å². The van der Waals surface area contributed by atoms with Gasteiger partial charge in [0.25, 0.3) is 0 Å². The molecule has 1 aliphatic heterocycles. The zero-order valence-corrected chi connectivity index (χ0v) is 15.6. The minimum absolute atomic E-state index is 0.738. The third-order valence-corrected chi connectivity index (χ3v) is 4.79. The summed E-state index contributed by atoms with van der Waals surface area (Å²) in [7, 11) is 0. The topological polar surface area (TPSA) is 51.4 Å². The van der Waals surface area contributed by atoms with Crippen LogP contribution in [0.25, 0.3) is 11.1 Å². The van der Waals surface area contributed by atoms with E-state index in [1.165, 1.54) is 5.69 Å². The van der Waals surface area contributed by atoms with Crippen molar-refractivity contribution < 1.29 is 4.74 Å². The molecule has 0 amide bonds. The number of nitrogens with two attached hydrogens (primary N) is 1. The molecule has 3 aromatic rings. The highest BCUT2D eigenvalue weighted by molar-refractivity contribution is 5.82. The van der Waals surface area contributed by atoms with Crippen molar-refractivity contribution in [2.75, 3.05) is 23.7 Å². The summed E-state index contributed by atoms with van der Waals surface area (Å²) in [5, 5.41) is 0. The second-order valence-electron chi connectivity index (χ2n) is 6.87. The third kappa shape index (κ3) is 3.65. The highest BCUT2D eigenvalue weighted by atomic mass is 16.5. The van der Waals surface area contributed by atoms with E-state index in [1.807, 2.05) is 31.2 Å². The third-order valence-electron chi connectivity index (χ3n) is 4.79. The monoisotopic (exact) mass is 357 g/mol. The largest absolute Gasteiger partial charge is 0.455 e. The fraction of sp³-hybridized carbons (Fsp3) is 0.174. The number of nitrogens with zero attached hydrogens (tertiary/aromatic N) is 2. The molecule has 136 valence electrons. The normalized spacial score (nSPS) is 13.2. The summed E-state index contributed by atoms with van der Waals surface area (Å²) in [6.45, 7) is 5.89. The molecule has 2 N–H and O–H groups in total. The maximum atomic E-state index is 6.15. The summed E-state index contributed by atoms with van der Waals surface area (Å²) in [5.74, 6) is 1.57. The molecule has 4 heteroatoms. The van der Waals surface area contributed by atoms with Gasteiger partial charge in [0.2, 0.25) is 0 Å². The maximum Gasteiger partial charge on any atom is 0.145 e. The zero-order chi connectivity index (χ0) is 18.8. The van der Waals surface area contributed by atoms with Gasteiger partial charge in [0, 0.05) is 35.7 Å². The second-order valence-corrected chi connectivity index (χ2v) is 6.87. The predicted molar refractivity (Wildman–Crippen MR) is 111 cm³/mol. The molecule has 4 nitrogen and oxygen atoms in total. The summed E-state index contributed by atoms with van der Waals surface area (Å²) in [4.78, 5) is 6.68. The van der Waals surface area contributed by atoms with E-state index in [0.29, 0.717) is 0 Å². The molecule has 0 saturated carbocycles. The highest BCUT2D eigenvalue weighted by Crippen LogP contribution is 2.39. The first-order chi connectivity index (χ1) is 13.1. The van der Waals surface area contributed by atoms with Crippen LogP contribution in [0.2, 0.25) is 0 Å². The molecule has 0 atom stereocenters. The number of benzene rings is 2. The number of pyridine rings is 1. The summed E-state index contributed by atoms with van der Waals surface area (Å²) in [5.41, 5.74) is 12.2. The number of hydrogen-bond acceptors (Lipinski definition) is 4. The summed E-state index contributed by atoms with van der Waals surface area (Å²) >= 11 is 0. The van der Waals surface area contributed by atoms with Crippen molar-refractivity contribution in [3.8, 4) is 22.6 Å². The first kappa shape index (κ1) is 17.2. The van der Waals surface area contributed by atoms with Gasteiger partial charge < -0.3 is 15.4 Å². The molecular weight excluding hydrogens is 334 g/mol. The molecule has 27 heavy (non-hydrogen) atoms. The number of nitrogen functional groups attached to an aromatic ring is 1. The summed E-state index contributed by atoms with van der Waals surface area (Å²) < 4.78 is 6.15. The number of ether oxygens (including phenoxy) is 1. The standard InChI is InChI=1S/C23H23N3O/c1-16-13-22(26-11-3-4-12-26)21(18-6-8-19(24)9-7-18)14-23(16)27-20-10-5-17(2)25-15-20/h3-10,13-15H,11-12,24H2,1-2H3. The van der Waals surface area contributed by atoms with Crippen LogP contribution in [0.3, 0.4) is 0 Å². The van der Waals surface area contributed by atoms with E-state index in [2.05, 4.69) is 53.2 Å². The Bertz CT molecular complexity index is 968. The molecule has 1 aromatic heterocycles. The smallest absolute Gasteiger partial charge is 0.145 e. The van der Waals surface area contributed by atoms with Gasteiger partial charge >= 0.3 is 0 Å². The lowest BCUT2D eigenvalue weighted by molar-refractivity contribution is 0.476. The average molecular weight is 357 g/mol. The van der Waals surface area contributed by atoms with E-state index in [0.717, 1.165) is 52.7 Å². The van der Waals surface area contributed by atoms with Crippen LogP contribution in [-0.4, -0.2) is 18.1 Å². The number of anilines is 2. The van der Waals surface area contributed by atoms with Crippen molar-refractivity contribution in [3.63, 3.8) is 0 Å². The van der Waals surface area contributed by atoms with Gasteiger partial charge in [-0.05, 0) is 61.4 Å². The lowest BCUT2D eigenvalue weighted by atomic mass is 9.99. The Morgan fingerprint density at radius 2 is 1.70 bits per heavy atom. The first-order valence-electron chi connectivity index (χ1n) is 9.11. The van der Waals surface area contributed by atoms with Crippen LogP contribution in [-0.2, 0) is 0 Å². The van der Waals surface area contributed by atoms with Crippen molar-refractivity contribution in [2.24, 2.45) is 0 Å². The van der Waals surface area contributed by atoms with Crippen molar-refractivity contribution in [2.45, 2.75) is 13.8 Å². The summed E-state index contributed by atoms with van der Waals surface area (Å²) in [6, 6.07) is 16.2. The Morgan fingerprint density at radius 3 is 2.37 bits per heavy atom. The van der Waals surface area contributed by atoms with Crippen molar-refractivity contribution >= 4 is 11.4 Å². The molecule has 0 radical (unpaired) electrons. The molecule has 0 fully saturated rings. The van der Waals surface area contributed by atoms with Gasteiger partial charge in [0.15, 0.2) is 0 Å². The molecular formula is C23H23N3O. The van der Waals surface area contributed by atoms with Crippen LogP contribution in [0.4, 0.5) is 11.4 Å². The Kier molecular flexibility index (Phi) is 4.55. The van der Waals surface area contributed by atoms with E-state index in [1.54, 1.807) is 6.20 Å². The Balaban J connectivity index is 1.77. The van der Waals surface area contributed by atoms with Gasteiger partial charge in [-0.1, -0.05) is 24.3 Å². The molecule has 4 rings (SSSR count). The van der Waals surface area contributed by atoms with Gasteiger partial charge in [-0.3, -0.25) is 4.98 Å². The fourth-order valence-electron chi connectivity index (χ4n) is 3.25. The van der Waals surface area contributed by atoms with E-state index >= 15 is 0 Å². The number of rotatable bonds is 4. The molecule has 2 heterocycles. The van der Waals surface area contributed by atoms with Gasteiger partial charge in [0.1, 0.15) is 11.5 Å². The lowest BCUT2D eigenvalue weighted by Crippen LogP contribution is -2.19. The maximum absolute atomic E-state index is 6.15. The van der Waals surface area contributed by atoms with Gasteiger partial charge in [-0.15, -0.1) is 0 Å². The Labute approximate surface area is 159 Å². The minimum atomic E-state index is 0.738. The SMILES string of the molecule is Cc1ccc(Oc2cc(-c3ccc(N)cc3)c(N3CC=CC3)cc2C)cn1. The Morgan fingerprint density at radius 1 is 0.963 bits per heavy atom. The van der Waals surface area contributed by atoms with E-state index in [4.69, 9.17) is 10.5 Å². The van der Waals surface area contributed by atoms with Crippen LogP contribution < -0.4 is 15.4 Å². The number of aryl methyl sites for hydroxylation is 2. The van der Waals surface area contributed by atoms with Gasteiger partial charge in [-0.25, -0.2) is 0 Å². The number of hydrogen-bond donors (Lipinski definition) is 1. The van der Waals surface area contributed by atoms with Crippen LogP contribution >= 0.6 is 0 Å². The molecule has 0 saturated heterocycles. The highest BCUT2D eigenvalue weighted by Gasteiger charge is 2.17. The zero-order valence-electron chi connectivity index (χ0n) is 15.6. The van der Waals surface area contributed by atoms with Crippen molar-refractivity contribution in [1.29, 1.82) is 0 Å². The quantitative estimate of drug-likeness (QED) is 0.520. The Hall–Kier alpha value is -3.27. The minimum Gasteiger partial charge on any atom is -0.455 e. The second kappa shape index (κ2) is 7.16. The predicted octanol–water partition coefficient (Wildman–Crippen LogP) is 5.12. The van der Waals surface area contributed by atoms with Crippen molar-refractivity contribution in [1.82, 2.24) is 4.98 Å². The van der Waals surface area contributed by atoms with E-state index in [9.17, 15) is 0 Å². The van der Waals surface area contributed by atoms with Crippen LogP contribution in [0.5, 0.6) is 11.5 Å². The van der Waals surface area contributed by atoms with E-state index < -0.39 is 0 Å². The van der Waals surface area contributed by atoms with E-state index in [-0.39, 0.29) is 0 Å². The lowest BCUT2D eigenvalue weighted by Gasteiger charge is -2.24. The van der Waals surface area contributed by atoms with Gasteiger partial charge in [0.05, 0.1) is 6.20 Å². The number of aromatic nitrogens is 1. The van der Waals surface area contributed by atoms with Crippen molar-refractivity contribution in [3.05, 3.63) is 78.1 Å². The molecule has 1 aliphatic rings. The molecule has 0 spiro atoms. The summed E-state index contributed by atoms with van der Waals surface area (Å²) in [6.07, 6.45) is 6.16. The van der Waals surface area contributed by atoms with Crippen LogP contribution in [0, 0.1) is 13.8 Å². The fourth-order valence-corrected chi connectivity index (χ4v) is 3.25. The first-order valence-corrected chi connectivity index (χ1v) is 9.11. The molecule has 0 aliphatic carbocycles. The average Bonchev–Trinajstić information content (AvgIpc) is 3.20. The van der Waals surface area contributed by atoms with Crippen LogP contribution in [0.1, 0.15) is 11.3 Å².